The zero-order valence-corrected chi connectivity index (χ0v) is 31.7. The average molecular weight is 814 g/mol. The molecule has 0 aromatic heterocycles. The first-order valence-electron chi connectivity index (χ1n) is 16.2. The molecular weight excluding hydrogens is 767 g/mol. The standard InChI is InChI=1S/C38H46IN3O9/c1-8-16-41-32-27-17-21(2)18-31(50-7)33(44)23(4)19-24(5)35(51-38(40)48)30(49-6)11-9-10-22(3)36(46)42(28(34(27)45)20-29(32)43)37(47)25-12-14-26(39)15-13-25/h8-16,19-21,23,30-31,33,35,43-45H,1,17-18H2,2-7H3,(H2,40,48)/t21-,23+,30+,31+,33-,35+/m1/s1/i39-2. The SMILES string of the molecule is C=CC=Nc1c(O)cc2c(O)c1C[C@@H](C)C[C@H](OC)[C@H](O)[C@@H](C)C=C(C)[C@H](OC(N)=O)[C@@H](OC)C=CC=C(C)C(=O)N2C(=O)c1ccc([125I])cc1. The van der Waals surface area contributed by atoms with Gasteiger partial charge >= 0.3 is 6.09 Å². The Hall–Kier alpha value is -4.31. The number of phenols is 2. The molecule has 2 bridgehead atoms. The van der Waals surface area contributed by atoms with E-state index in [0.29, 0.717) is 12.0 Å². The summed E-state index contributed by atoms with van der Waals surface area (Å²) >= 11 is 2.10. The number of hydrogen-bond acceptors (Lipinski definition) is 10. The van der Waals surface area contributed by atoms with Crippen molar-refractivity contribution in [2.75, 3.05) is 19.1 Å². The van der Waals surface area contributed by atoms with Crippen LogP contribution in [0, 0.1) is 15.4 Å². The van der Waals surface area contributed by atoms with Crippen molar-refractivity contribution in [2.45, 2.75) is 65.0 Å². The average Bonchev–Trinajstić information content (AvgIpc) is 3.09. The summed E-state index contributed by atoms with van der Waals surface area (Å²) < 4.78 is 17.7. The van der Waals surface area contributed by atoms with Gasteiger partial charge < -0.3 is 35.3 Å². The number of amides is 3. The third-order valence-electron chi connectivity index (χ3n) is 8.56. The molecule has 3 rings (SSSR count). The number of phenolic OH excluding ortho intramolecular Hbond substituents is 2. The molecule has 0 fully saturated rings. The van der Waals surface area contributed by atoms with E-state index in [1.165, 1.54) is 45.6 Å². The molecule has 12 nitrogen and oxygen atoms in total. The summed E-state index contributed by atoms with van der Waals surface area (Å²) in [6, 6.07) is 7.65. The lowest BCUT2D eigenvalue weighted by Crippen LogP contribution is -2.38. The summed E-state index contributed by atoms with van der Waals surface area (Å²) in [5.74, 6) is -3.14. The molecule has 5 N–H and O–H groups in total. The summed E-state index contributed by atoms with van der Waals surface area (Å²) in [5, 5.41) is 34.6. The number of carbonyl (C=O) groups excluding carboxylic acids is 3. The molecular formula is C38H46IN3O9. The fraction of sp³-hybridized carbons (Fsp3) is 0.368. The molecule has 0 aliphatic carbocycles. The number of allylic oxidation sites excluding steroid dienone is 3. The fourth-order valence-corrected chi connectivity index (χ4v) is 6.27. The molecule has 2 aromatic carbocycles. The topological polar surface area (TPSA) is 181 Å². The lowest BCUT2D eigenvalue weighted by atomic mass is 9.87. The van der Waals surface area contributed by atoms with Gasteiger partial charge in [-0.05, 0) is 85.0 Å². The first-order chi connectivity index (χ1) is 24.1. The number of aromatic hydroxyl groups is 2. The smallest absolute Gasteiger partial charge is 0.405 e. The van der Waals surface area contributed by atoms with Crippen LogP contribution in [0.15, 0.2) is 83.4 Å². The van der Waals surface area contributed by atoms with Gasteiger partial charge in [0.15, 0.2) is 6.10 Å². The molecule has 51 heavy (non-hydrogen) atoms. The minimum Gasteiger partial charge on any atom is -0.506 e. The summed E-state index contributed by atoms with van der Waals surface area (Å²) in [5.41, 5.74) is 6.15. The van der Waals surface area contributed by atoms with Gasteiger partial charge in [0.05, 0.1) is 17.9 Å². The molecule has 3 amide bonds. The highest BCUT2D eigenvalue weighted by atomic mass is 125. The fourth-order valence-electron chi connectivity index (χ4n) is 5.91. The van der Waals surface area contributed by atoms with Gasteiger partial charge in [0.25, 0.3) is 11.8 Å². The first-order valence-corrected chi connectivity index (χ1v) is 17.3. The Morgan fingerprint density at radius 2 is 1.78 bits per heavy atom. The quantitative estimate of drug-likeness (QED) is 0.0858. The number of primary amides is 1. The van der Waals surface area contributed by atoms with Gasteiger partial charge in [0.2, 0.25) is 0 Å². The number of hydrogen-bond donors (Lipinski definition) is 4. The Kier molecular flexibility index (Phi) is 15.1. The van der Waals surface area contributed by atoms with Crippen LogP contribution in [-0.2, 0) is 25.4 Å². The molecule has 0 saturated heterocycles. The predicted molar refractivity (Wildman–Crippen MR) is 204 cm³/mol. The lowest BCUT2D eigenvalue weighted by Gasteiger charge is -2.29. The molecule has 0 spiro atoms. The van der Waals surface area contributed by atoms with Crippen molar-refractivity contribution in [3.05, 3.63) is 93.1 Å². The van der Waals surface area contributed by atoms with Gasteiger partial charge in [-0.2, -0.15) is 0 Å². The van der Waals surface area contributed by atoms with Crippen molar-refractivity contribution >= 4 is 58.1 Å². The van der Waals surface area contributed by atoms with E-state index in [9.17, 15) is 29.7 Å². The second kappa shape index (κ2) is 18.8. The number of rotatable bonds is 6. The van der Waals surface area contributed by atoms with Crippen molar-refractivity contribution in [3.63, 3.8) is 0 Å². The molecule has 2 aromatic rings. The number of nitrogens with two attached hydrogens (primary N) is 1. The maximum Gasteiger partial charge on any atom is 0.405 e. The summed E-state index contributed by atoms with van der Waals surface area (Å²) in [4.78, 5) is 45.4. The van der Waals surface area contributed by atoms with E-state index in [1.54, 1.807) is 50.3 Å². The maximum atomic E-state index is 14.2. The van der Waals surface area contributed by atoms with Crippen molar-refractivity contribution < 1.29 is 43.9 Å². The molecule has 0 saturated carbocycles. The van der Waals surface area contributed by atoms with Crippen LogP contribution in [0.1, 0.15) is 50.0 Å². The van der Waals surface area contributed by atoms with Crippen molar-refractivity contribution in [1.29, 1.82) is 0 Å². The van der Waals surface area contributed by atoms with Crippen LogP contribution >= 0.6 is 22.6 Å². The van der Waals surface area contributed by atoms with E-state index in [-0.39, 0.29) is 46.2 Å². The number of aliphatic hydroxyl groups is 1. The number of benzene rings is 2. The van der Waals surface area contributed by atoms with Crippen molar-refractivity contribution in [2.24, 2.45) is 22.6 Å². The highest BCUT2D eigenvalue weighted by molar-refractivity contribution is 14.1. The van der Waals surface area contributed by atoms with Crippen molar-refractivity contribution in [1.82, 2.24) is 0 Å². The number of imide groups is 1. The molecule has 6 atom stereocenters. The zero-order chi connectivity index (χ0) is 38.0. The molecule has 13 heteroatoms. The Morgan fingerprint density at radius 1 is 1.12 bits per heavy atom. The number of ether oxygens (including phenoxy) is 3. The minimum absolute atomic E-state index is 0.0331. The van der Waals surface area contributed by atoms with Crippen LogP contribution < -0.4 is 10.6 Å². The van der Waals surface area contributed by atoms with Gasteiger partial charge in [0.1, 0.15) is 23.3 Å². The van der Waals surface area contributed by atoms with E-state index >= 15 is 0 Å². The third kappa shape index (κ3) is 10.4. The van der Waals surface area contributed by atoms with Crippen LogP contribution in [0.2, 0.25) is 0 Å². The second-order valence-corrected chi connectivity index (χ2v) is 13.7. The van der Waals surface area contributed by atoms with Crippen LogP contribution in [-0.4, -0.2) is 78.1 Å². The largest absolute Gasteiger partial charge is 0.506 e. The number of methoxy groups -OCH3 is 2. The van der Waals surface area contributed by atoms with E-state index in [4.69, 9.17) is 19.9 Å². The van der Waals surface area contributed by atoms with Crippen LogP contribution in [0.5, 0.6) is 11.5 Å². The molecule has 0 unspecified atom stereocenters. The van der Waals surface area contributed by atoms with Gasteiger partial charge in [-0.15, -0.1) is 0 Å². The van der Waals surface area contributed by atoms with Crippen LogP contribution in [0.3, 0.4) is 0 Å². The van der Waals surface area contributed by atoms with Crippen LogP contribution in [0.4, 0.5) is 16.2 Å². The maximum absolute atomic E-state index is 14.2. The normalized spacial score (nSPS) is 23.8. The minimum atomic E-state index is -1.04. The molecule has 0 radical (unpaired) electrons. The van der Waals surface area contributed by atoms with Gasteiger partial charge in [-0.1, -0.05) is 50.8 Å². The number of fused-ring (bicyclic) bond motifs is 2. The van der Waals surface area contributed by atoms with Crippen LogP contribution in [0.25, 0.3) is 0 Å². The highest BCUT2D eigenvalue weighted by Crippen LogP contribution is 2.46. The zero-order valence-electron chi connectivity index (χ0n) is 29.6. The lowest BCUT2D eigenvalue weighted by molar-refractivity contribution is -0.114. The van der Waals surface area contributed by atoms with E-state index in [0.717, 1.165) is 14.5 Å². The Labute approximate surface area is 312 Å². The van der Waals surface area contributed by atoms with Gasteiger partial charge in [0, 0.05) is 52.7 Å². The summed E-state index contributed by atoms with van der Waals surface area (Å²) in [7, 11) is 2.89. The van der Waals surface area contributed by atoms with Gasteiger partial charge in [-0.25, -0.2) is 9.69 Å². The summed E-state index contributed by atoms with van der Waals surface area (Å²) in [6.45, 7) is 10.5. The molecule has 1 aliphatic heterocycles. The molecule has 1 heterocycles. The van der Waals surface area contributed by atoms with E-state index in [2.05, 4.69) is 34.2 Å². The molecule has 1 aliphatic rings. The Morgan fingerprint density at radius 3 is 2.37 bits per heavy atom. The predicted octanol–water partition coefficient (Wildman–Crippen LogP) is 6.29. The monoisotopic (exact) mass is 813 g/mol. The van der Waals surface area contributed by atoms with Crippen molar-refractivity contribution in [3.8, 4) is 11.5 Å². The number of nitrogens with zero attached hydrogens (tertiary/aromatic N) is 2. The number of carbonyl (C=O) groups is 3. The Bertz CT molecular complexity index is 1720. The van der Waals surface area contributed by atoms with E-state index < -0.39 is 54.0 Å². The number of anilines is 1. The highest BCUT2D eigenvalue weighted by Gasteiger charge is 2.33. The molecule has 274 valence electrons. The first kappa shape index (κ1) is 41.1. The Balaban J connectivity index is 2.35. The van der Waals surface area contributed by atoms with Gasteiger partial charge in [-0.3, -0.25) is 14.6 Å². The number of aliphatic hydroxyl groups excluding tert-OH is 1. The number of aliphatic imine (C=N–C) groups is 1. The summed E-state index contributed by atoms with van der Waals surface area (Å²) in [6.07, 6.45) is 4.80. The third-order valence-corrected chi connectivity index (χ3v) is 9.28. The number of halogens is 1. The second-order valence-electron chi connectivity index (χ2n) is 12.4. The van der Waals surface area contributed by atoms with E-state index in [1.807, 2.05) is 6.92 Å².